The smallest absolute Gasteiger partial charge is 0.205 e. The van der Waals surface area contributed by atoms with Crippen LogP contribution in [0, 0.1) is 11.3 Å². The molecular formula is C22H16Cl2N2O2. The number of ether oxygens (including phenoxy) is 1. The van der Waals surface area contributed by atoms with Gasteiger partial charge in [0.2, 0.25) is 5.88 Å². The van der Waals surface area contributed by atoms with Crippen LogP contribution in [0.1, 0.15) is 35.8 Å². The Morgan fingerprint density at radius 1 is 1.11 bits per heavy atom. The van der Waals surface area contributed by atoms with Crippen LogP contribution in [0.3, 0.4) is 0 Å². The normalized spacial score (nSPS) is 21.8. The van der Waals surface area contributed by atoms with Gasteiger partial charge in [0.05, 0.1) is 5.92 Å². The molecule has 0 unspecified atom stereocenters. The maximum Gasteiger partial charge on any atom is 0.205 e. The number of nitrogens with two attached hydrogens (primary N) is 1. The van der Waals surface area contributed by atoms with Gasteiger partial charge < -0.3 is 10.5 Å². The van der Waals surface area contributed by atoms with E-state index in [4.69, 9.17) is 33.7 Å². The molecule has 6 heteroatoms. The van der Waals surface area contributed by atoms with Crippen molar-refractivity contribution in [3.05, 3.63) is 92.5 Å². The van der Waals surface area contributed by atoms with Crippen LogP contribution in [-0.2, 0) is 9.53 Å². The SMILES string of the molecule is N#CC1=C(N)OC2=C(C(=O)C[C@@H](c3ccccc3)C2)[C@H]1c1ccc(Cl)cc1Cl. The molecule has 0 bridgehead atoms. The Morgan fingerprint density at radius 2 is 1.86 bits per heavy atom. The second kappa shape index (κ2) is 7.35. The Balaban J connectivity index is 1.82. The van der Waals surface area contributed by atoms with Gasteiger partial charge in [-0.2, -0.15) is 5.26 Å². The number of halogens is 2. The minimum Gasteiger partial charge on any atom is -0.444 e. The van der Waals surface area contributed by atoms with E-state index >= 15 is 0 Å². The lowest BCUT2D eigenvalue weighted by Gasteiger charge is -2.34. The maximum absolute atomic E-state index is 13.2. The summed E-state index contributed by atoms with van der Waals surface area (Å²) in [5.41, 5.74) is 8.39. The van der Waals surface area contributed by atoms with Gasteiger partial charge in [0.1, 0.15) is 17.4 Å². The number of rotatable bonds is 2. The molecule has 2 aromatic carbocycles. The third-order valence-corrected chi connectivity index (χ3v) is 5.77. The Bertz CT molecular complexity index is 1070. The summed E-state index contributed by atoms with van der Waals surface area (Å²) in [6.07, 6.45) is 0.874. The van der Waals surface area contributed by atoms with E-state index in [1.807, 2.05) is 30.3 Å². The molecule has 1 aliphatic carbocycles. The molecular weight excluding hydrogens is 395 g/mol. The van der Waals surface area contributed by atoms with Gasteiger partial charge in [-0.15, -0.1) is 0 Å². The Morgan fingerprint density at radius 3 is 2.54 bits per heavy atom. The molecule has 2 N–H and O–H groups in total. The van der Waals surface area contributed by atoms with E-state index in [0.29, 0.717) is 39.8 Å². The van der Waals surface area contributed by atoms with Crippen LogP contribution in [0.15, 0.2) is 71.3 Å². The van der Waals surface area contributed by atoms with E-state index in [1.165, 1.54) is 0 Å². The molecule has 140 valence electrons. The van der Waals surface area contributed by atoms with Crippen LogP contribution in [-0.4, -0.2) is 5.78 Å². The molecule has 2 atom stereocenters. The van der Waals surface area contributed by atoms with Gasteiger partial charge in [-0.3, -0.25) is 4.79 Å². The highest BCUT2D eigenvalue weighted by Gasteiger charge is 2.41. The number of carbonyl (C=O) groups is 1. The lowest BCUT2D eigenvalue weighted by molar-refractivity contribution is -0.117. The topological polar surface area (TPSA) is 76.1 Å². The molecule has 4 nitrogen and oxygen atoms in total. The van der Waals surface area contributed by atoms with Gasteiger partial charge in [-0.1, -0.05) is 59.6 Å². The van der Waals surface area contributed by atoms with E-state index in [-0.39, 0.29) is 23.2 Å². The summed E-state index contributed by atoms with van der Waals surface area (Å²) in [7, 11) is 0. The van der Waals surface area contributed by atoms with Crippen LogP contribution in [0.2, 0.25) is 10.0 Å². The highest BCUT2D eigenvalue weighted by molar-refractivity contribution is 6.35. The van der Waals surface area contributed by atoms with Gasteiger partial charge in [0.15, 0.2) is 5.78 Å². The Kier molecular flexibility index (Phi) is 4.89. The second-order valence-electron chi connectivity index (χ2n) is 6.87. The highest BCUT2D eigenvalue weighted by atomic mass is 35.5. The summed E-state index contributed by atoms with van der Waals surface area (Å²) in [5, 5.41) is 10.5. The summed E-state index contributed by atoms with van der Waals surface area (Å²) in [5.74, 6) is -0.185. The summed E-state index contributed by atoms with van der Waals surface area (Å²) < 4.78 is 5.76. The predicted octanol–water partition coefficient (Wildman–Crippen LogP) is 5.20. The predicted molar refractivity (Wildman–Crippen MR) is 108 cm³/mol. The summed E-state index contributed by atoms with van der Waals surface area (Å²) >= 11 is 12.4. The average Bonchev–Trinajstić information content (AvgIpc) is 2.67. The van der Waals surface area contributed by atoms with Crippen LogP contribution in [0.4, 0.5) is 0 Å². The fourth-order valence-electron chi connectivity index (χ4n) is 3.92. The Labute approximate surface area is 172 Å². The standard InChI is InChI=1S/C22H16Cl2N2O2/c23-14-6-7-15(17(24)10-14)20-16(11-25)22(26)28-19-9-13(8-18(27)21(19)20)12-4-2-1-3-5-12/h1-7,10,13,20H,8-9,26H2/t13-,20+/m1/s1. The molecule has 2 aromatic rings. The zero-order valence-electron chi connectivity index (χ0n) is 14.8. The monoisotopic (exact) mass is 410 g/mol. The van der Waals surface area contributed by atoms with E-state index in [1.54, 1.807) is 18.2 Å². The third-order valence-electron chi connectivity index (χ3n) is 5.21. The van der Waals surface area contributed by atoms with Crippen molar-refractivity contribution in [1.29, 1.82) is 5.26 Å². The molecule has 0 radical (unpaired) electrons. The fraction of sp³-hybridized carbons (Fsp3) is 0.182. The number of allylic oxidation sites excluding steroid dienone is 3. The summed E-state index contributed by atoms with van der Waals surface area (Å²) in [6, 6.07) is 16.9. The molecule has 0 amide bonds. The van der Waals surface area contributed by atoms with Gasteiger partial charge in [-0.25, -0.2) is 0 Å². The van der Waals surface area contributed by atoms with Crippen molar-refractivity contribution in [3.8, 4) is 6.07 Å². The molecule has 4 rings (SSSR count). The fourth-order valence-corrected chi connectivity index (χ4v) is 4.43. The summed E-state index contributed by atoms with van der Waals surface area (Å²) in [6.45, 7) is 0. The zero-order valence-corrected chi connectivity index (χ0v) is 16.3. The van der Waals surface area contributed by atoms with Crippen LogP contribution in [0.25, 0.3) is 0 Å². The quantitative estimate of drug-likeness (QED) is 0.737. The van der Waals surface area contributed by atoms with Crippen molar-refractivity contribution < 1.29 is 9.53 Å². The number of carbonyl (C=O) groups excluding carboxylic acids is 1. The maximum atomic E-state index is 13.2. The van der Waals surface area contributed by atoms with Gasteiger partial charge in [0.25, 0.3) is 0 Å². The van der Waals surface area contributed by atoms with E-state index < -0.39 is 5.92 Å². The van der Waals surface area contributed by atoms with Crippen molar-refractivity contribution in [3.63, 3.8) is 0 Å². The highest BCUT2D eigenvalue weighted by Crippen LogP contribution is 2.48. The zero-order chi connectivity index (χ0) is 19.8. The molecule has 0 saturated carbocycles. The van der Waals surface area contributed by atoms with E-state index in [0.717, 1.165) is 5.56 Å². The molecule has 0 aromatic heterocycles. The van der Waals surface area contributed by atoms with Gasteiger partial charge >= 0.3 is 0 Å². The number of ketones is 1. The number of benzene rings is 2. The van der Waals surface area contributed by atoms with Crippen molar-refractivity contribution >= 4 is 29.0 Å². The van der Waals surface area contributed by atoms with Crippen molar-refractivity contribution in [2.24, 2.45) is 5.73 Å². The largest absolute Gasteiger partial charge is 0.444 e. The number of nitrogens with zero attached hydrogens (tertiary/aromatic N) is 1. The number of Topliss-reactive ketones (excluding diaryl/α,β-unsaturated/α-hetero) is 1. The van der Waals surface area contributed by atoms with Crippen LogP contribution >= 0.6 is 23.2 Å². The number of hydrogen-bond donors (Lipinski definition) is 1. The minimum absolute atomic E-state index is 0.00484. The van der Waals surface area contributed by atoms with Crippen LogP contribution < -0.4 is 5.73 Å². The van der Waals surface area contributed by atoms with Crippen LogP contribution in [0.5, 0.6) is 0 Å². The molecule has 1 aliphatic heterocycles. The van der Waals surface area contributed by atoms with Gasteiger partial charge in [-0.05, 0) is 29.2 Å². The number of hydrogen-bond acceptors (Lipinski definition) is 4. The lowest BCUT2D eigenvalue weighted by Crippen LogP contribution is -2.30. The third kappa shape index (κ3) is 3.17. The molecule has 2 aliphatic rings. The van der Waals surface area contributed by atoms with Crippen molar-refractivity contribution in [2.75, 3.05) is 0 Å². The van der Waals surface area contributed by atoms with E-state index in [2.05, 4.69) is 6.07 Å². The first-order chi connectivity index (χ1) is 13.5. The second-order valence-corrected chi connectivity index (χ2v) is 7.71. The van der Waals surface area contributed by atoms with Gasteiger partial charge in [0, 0.05) is 28.5 Å². The van der Waals surface area contributed by atoms with E-state index in [9.17, 15) is 10.1 Å². The van der Waals surface area contributed by atoms with Crippen molar-refractivity contribution in [1.82, 2.24) is 0 Å². The first-order valence-electron chi connectivity index (χ1n) is 8.83. The molecule has 0 spiro atoms. The molecule has 28 heavy (non-hydrogen) atoms. The first-order valence-corrected chi connectivity index (χ1v) is 9.59. The summed E-state index contributed by atoms with van der Waals surface area (Å²) in [4.78, 5) is 13.2. The lowest BCUT2D eigenvalue weighted by atomic mass is 9.73. The van der Waals surface area contributed by atoms with Crippen molar-refractivity contribution in [2.45, 2.75) is 24.7 Å². The molecule has 0 saturated heterocycles. The Hall–Kier alpha value is -2.74. The minimum atomic E-state index is -0.650. The first kappa shape index (κ1) is 18.6. The molecule has 0 fully saturated rings. The molecule has 1 heterocycles. The average molecular weight is 411 g/mol. The number of nitriles is 1.